The molecule has 0 aliphatic heterocycles. The van der Waals surface area contributed by atoms with Crippen molar-refractivity contribution >= 4 is 46.4 Å². The predicted molar refractivity (Wildman–Crippen MR) is 85.1 cm³/mol. The Hall–Kier alpha value is -0.400. The summed E-state index contributed by atoms with van der Waals surface area (Å²) in [4.78, 5) is 0. The molecule has 2 rings (SSSR count). The number of aryl methyl sites for hydroxylation is 2. The molecule has 0 nitrogen and oxygen atoms in total. The Balaban J connectivity index is 2.53. The van der Waals surface area contributed by atoms with Crippen LogP contribution >= 0.6 is 46.4 Å². The van der Waals surface area contributed by atoms with Gasteiger partial charge in [0.1, 0.15) is 0 Å². The molecule has 0 spiro atoms. The minimum Gasteiger partial charge on any atom is -0.113 e. The summed E-state index contributed by atoms with van der Waals surface area (Å²) in [6, 6.07) is 9.38. The molecule has 4 heteroatoms. The minimum atomic E-state index is -0.345. The molecule has 0 saturated heterocycles. The zero-order chi connectivity index (χ0) is 14.2. The van der Waals surface area contributed by atoms with Crippen LogP contribution in [0.15, 0.2) is 30.3 Å². The molecule has 0 fully saturated rings. The van der Waals surface area contributed by atoms with Crippen LogP contribution in [0.1, 0.15) is 27.6 Å². The van der Waals surface area contributed by atoms with E-state index in [-0.39, 0.29) is 5.38 Å². The van der Waals surface area contributed by atoms with Gasteiger partial charge in [-0.15, -0.1) is 11.6 Å². The van der Waals surface area contributed by atoms with Crippen molar-refractivity contribution in [1.82, 2.24) is 0 Å². The summed E-state index contributed by atoms with van der Waals surface area (Å²) in [5.41, 5.74) is 3.83. The molecule has 0 heterocycles. The molecule has 0 amide bonds. The molecule has 2 aromatic carbocycles. The molecule has 0 radical (unpaired) electrons. The van der Waals surface area contributed by atoms with E-state index < -0.39 is 0 Å². The highest BCUT2D eigenvalue weighted by molar-refractivity contribution is 6.43. The third-order valence-corrected chi connectivity index (χ3v) is 4.79. The first kappa shape index (κ1) is 15.0. The van der Waals surface area contributed by atoms with Gasteiger partial charge < -0.3 is 0 Å². The lowest BCUT2D eigenvalue weighted by atomic mass is 9.98. The monoisotopic (exact) mass is 332 g/mol. The Morgan fingerprint density at radius 1 is 0.842 bits per heavy atom. The number of rotatable bonds is 2. The van der Waals surface area contributed by atoms with Gasteiger partial charge in [-0.3, -0.25) is 0 Å². The van der Waals surface area contributed by atoms with Crippen molar-refractivity contribution in [2.75, 3.05) is 0 Å². The number of benzene rings is 2. The van der Waals surface area contributed by atoms with Crippen LogP contribution in [-0.4, -0.2) is 0 Å². The quantitative estimate of drug-likeness (QED) is 0.543. The first-order valence-corrected chi connectivity index (χ1v) is 7.33. The maximum absolute atomic E-state index is 6.55. The molecule has 2 aromatic rings. The van der Waals surface area contributed by atoms with Gasteiger partial charge in [0, 0.05) is 5.02 Å². The van der Waals surface area contributed by atoms with Crippen molar-refractivity contribution in [2.45, 2.75) is 19.2 Å². The van der Waals surface area contributed by atoms with E-state index >= 15 is 0 Å². The zero-order valence-corrected chi connectivity index (χ0v) is 13.5. The number of hydrogen-bond acceptors (Lipinski definition) is 0. The SMILES string of the molecule is Cc1cc(C(Cl)c2cccc(Cl)c2Cl)c(C)cc1Cl. The van der Waals surface area contributed by atoms with Gasteiger partial charge in [-0.1, -0.05) is 53.0 Å². The molecule has 1 unspecified atom stereocenters. The zero-order valence-electron chi connectivity index (χ0n) is 10.5. The Kier molecular flexibility index (Phi) is 4.68. The maximum Gasteiger partial charge on any atom is 0.0852 e. The van der Waals surface area contributed by atoms with Crippen LogP contribution in [0.4, 0.5) is 0 Å². The summed E-state index contributed by atoms with van der Waals surface area (Å²) in [6.07, 6.45) is 0. The van der Waals surface area contributed by atoms with E-state index in [4.69, 9.17) is 46.4 Å². The maximum atomic E-state index is 6.55. The smallest absolute Gasteiger partial charge is 0.0852 e. The largest absolute Gasteiger partial charge is 0.113 e. The first-order valence-electron chi connectivity index (χ1n) is 5.76. The van der Waals surface area contributed by atoms with Gasteiger partial charge in [0.25, 0.3) is 0 Å². The van der Waals surface area contributed by atoms with Crippen LogP contribution in [0.3, 0.4) is 0 Å². The topological polar surface area (TPSA) is 0 Å². The minimum absolute atomic E-state index is 0.345. The fraction of sp³-hybridized carbons (Fsp3) is 0.200. The molecule has 0 aromatic heterocycles. The molecule has 0 saturated carbocycles. The predicted octanol–water partition coefficient (Wildman–Crippen LogP) is 6.59. The average molecular weight is 334 g/mol. The van der Waals surface area contributed by atoms with Crippen LogP contribution < -0.4 is 0 Å². The van der Waals surface area contributed by atoms with E-state index in [9.17, 15) is 0 Å². The van der Waals surface area contributed by atoms with E-state index in [2.05, 4.69) is 0 Å². The van der Waals surface area contributed by atoms with E-state index in [1.165, 1.54) is 0 Å². The van der Waals surface area contributed by atoms with Crippen molar-refractivity contribution in [3.8, 4) is 0 Å². The van der Waals surface area contributed by atoms with Crippen molar-refractivity contribution in [1.29, 1.82) is 0 Å². The van der Waals surface area contributed by atoms with E-state index in [0.29, 0.717) is 10.0 Å². The number of alkyl halides is 1. The van der Waals surface area contributed by atoms with E-state index in [1.807, 2.05) is 38.1 Å². The molecular formula is C15H12Cl4. The third kappa shape index (κ3) is 3.03. The van der Waals surface area contributed by atoms with Gasteiger partial charge in [0.15, 0.2) is 0 Å². The summed E-state index contributed by atoms with van der Waals surface area (Å²) in [7, 11) is 0. The van der Waals surface area contributed by atoms with Crippen LogP contribution in [0, 0.1) is 13.8 Å². The summed E-state index contributed by atoms with van der Waals surface area (Å²) in [6.45, 7) is 3.93. The highest BCUT2D eigenvalue weighted by atomic mass is 35.5. The van der Waals surface area contributed by atoms with Crippen LogP contribution in [0.25, 0.3) is 0 Å². The lowest BCUT2D eigenvalue weighted by Gasteiger charge is -2.16. The fourth-order valence-electron chi connectivity index (χ4n) is 1.96. The van der Waals surface area contributed by atoms with E-state index in [0.717, 1.165) is 27.3 Å². The van der Waals surface area contributed by atoms with Gasteiger partial charge in [0.05, 0.1) is 15.4 Å². The second-order valence-electron chi connectivity index (χ2n) is 4.46. The summed E-state index contributed by atoms with van der Waals surface area (Å²) < 4.78 is 0. The van der Waals surface area contributed by atoms with Gasteiger partial charge in [0.2, 0.25) is 0 Å². The third-order valence-electron chi connectivity index (χ3n) is 3.07. The van der Waals surface area contributed by atoms with Gasteiger partial charge in [-0.05, 0) is 48.2 Å². The standard InChI is InChI=1S/C15H12Cl4/c1-8-7-13(17)9(2)6-11(8)14(18)10-4-3-5-12(16)15(10)19/h3-7,14H,1-2H3. The molecule has 0 aliphatic carbocycles. The molecule has 100 valence electrons. The van der Waals surface area contributed by atoms with Crippen molar-refractivity contribution < 1.29 is 0 Å². The lowest BCUT2D eigenvalue weighted by molar-refractivity contribution is 1.10. The molecule has 19 heavy (non-hydrogen) atoms. The molecule has 0 N–H and O–H groups in total. The van der Waals surface area contributed by atoms with Crippen molar-refractivity contribution in [2.24, 2.45) is 0 Å². The van der Waals surface area contributed by atoms with Gasteiger partial charge >= 0.3 is 0 Å². The molecule has 0 aliphatic rings. The van der Waals surface area contributed by atoms with E-state index in [1.54, 1.807) is 6.07 Å². The second kappa shape index (κ2) is 5.93. The Morgan fingerprint density at radius 3 is 2.21 bits per heavy atom. The van der Waals surface area contributed by atoms with Gasteiger partial charge in [-0.2, -0.15) is 0 Å². The van der Waals surface area contributed by atoms with Crippen LogP contribution in [-0.2, 0) is 0 Å². The lowest BCUT2D eigenvalue weighted by Crippen LogP contribution is -1.99. The molecular weight excluding hydrogens is 322 g/mol. The molecule has 1 atom stereocenters. The highest BCUT2D eigenvalue weighted by Crippen LogP contribution is 2.39. The van der Waals surface area contributed by atoms with Crippen molar-refractivity contribution in [3.63, 3.8) is 0 Å². The number of hydrogen-bond donors (Lipinski definition) is 0. The Morgan fingerprint density at radius 2 is 1.53 bits per heavy atom. The Bertz CT molecular complexity index is 620. The summed E-state index contributed by atoms with van der Waals surface area (Å²) in [5, 5.41) is 1.40. The second-order valence-corrected chi connectivity index (χ2v) is 6.09. The average Bonchev–Trinajstić information content (AvgIpc) is 2.36. The normalized spacial score (nSPS) is 12.5. The van der Waals surface area contributed by atoms with Gasteiger partial charge in [-0.25, -0.2) is 0 Å². The van der Waals surface area contributed by atoms with Crippen LogP contribution in [0.2, 0.25) is 15.1 Å². The Labute approximate surface area is 133 Å². The highest BCUT2D eigenvalue weighted by Gasteiger charge is 2.18. The number of halogens is 4. The summed E-state index contributed by atoms with van der Waals surface area (Å²) in [5.74, 6) is 0. The first-order chi connectivity index (χ1) is 8.91. The molecule has 0 bridgehead atoms. The van der Waals surface area contributed by atoms with Crippen LogP contribution in [0.5, 0.6) is 0 Å². The summed E-state index contributed by atoms with van der Waals surface area (Å²) >= 11 is 24.9. The van der Waals surface area contributed by atoms with Crippen molar-refractivity contribution in [3.05, 3.63) is 67.7 Å². The fourth-order valence-corrected chi connectivity index (χ4v) is 3.07.